The number of nitrogens with zero attached hydrogens (tertiary/aromatic N) is 5. The molecular formula is C18H21ClFN5O2. The van der Waals surface area contributed by atoms with E-state index in [1.54, 1.807) is 31.1 Å². The lowest BCUT2D eigenvalue weighted by Gasteiger charge is -2.41. The van der Waals surface area contributed by atoms with Crippen molar-refractivity contribution in [3.05, 3.63) is 41.4 Å². The average Bonchev–Trinajstić information content (AvgIpc) is 2.63. The van der Waals surface area contributed by atoms with Gasteiger partial charge in [0.15, 0.2) is 11.6 Å². The highest BCUT2D eigenvalue weighted by molar-refractivity contribution is 6.30. The summed E-state index contributed by atoms with van der Waals surface area (Å²) in [4.78, 5) is 26.0. The Hall–Kier alpha value is -2.61. The van der Waals surface area contributed by atoms with E-state index in [1.807, 2.05) is 11.8 Å². The number of benzene rings is 1. The summed E-state index contributed by atoms with van der Waals surface area (Å²) in [6.45, 7) is 3.85. The number of carbonyl (C=O) groups is 1. The number of aromatic nitrogens is 2. The molecule has 7 nitrogen and oxygen atoms in total. The SMILES string of the molecule is CC1CN(c2cc(Oc3ccc(Cl)cc3F)ncn2)CCN1C(=O)N(C)C. The molecule has 1 aromatic carbocycles. The van der Waals surface area contributed by atoms with Crippen molar-refractivity contribution in [2.75, 3.05) is 38.6 Å². The first kappa shape index (κ1) is 19.2. The van der Waals surface area contributed by atoms with Crippen LogP contribution in [0.5, 0.6) is 11.6 Å². The molecule has 1 aliphatic rings. The van der Waals surface area contributed by atoms with Crippen molar-refractivity contribution >= 4 is 23.4 Å². The maximum Gasteiger partial charge on any atom is 0.319 e. The molecule has 2 heterocycles. The fourth-order valence-electron chi connectivity index (χ4n) is 2.94. The number of ether oxygens (including phenoxy) is 1. The summed E-state index contributed by atoms with van der Waals surface area (Å²) in [5.74, 6) is 0.379. The maximum atomic E-state index is 13.9. The number of hydrogen-bond acceptors (Lipinski definition) is 5. The Morgan fingerprint density at radius 2 is 2.07 bits per heavy atom. The van der Waals surface area contributed by atoms with Crippen LogP contribution in [0.4, 0.5) is 15.0 Å². The van der Waals surface area contributed by atoms with Crippen molar-refractivity contribution in [1.82, 2.24) is 19.8 Å². The van der Waals surface area contributed by atoms with Gasteiger partial charge in [0.25, 0.3) is 0 Å². The predicted octanol–water partition coefficient (Wildman–Crippen LogP) is 3.25. The second-order valence-corrected chi connectivity index (χ2v) is 6.99. The molecule has 0 saturated carbocycles. The first-order chi connectivity index (χ1) is 12.8. The lowest BCUT2D eigenvalue weighted by Crippen LogP contribution is -2.56. The summed E-state index contributed by atoms with van der Waals surface area (Å²) in [6, 6.07) is 5.86. The summed E-state index contributed by atoms with van der Waals surface area (Å²) in [5, 5.41) is 0.294. The normalized spacial score (nSPS) is 17.0. The number of amides is 2. The molecule has 1 aliphatic heterocycles. The minimum Gasteiger partial charge on any atom is -0.436 e. The van der Waals surface area contributed by atoms with Gasteiger partial charge in [0.1, 0.15) is 12.1 Å². The number of piperazine rings is 1. The van der Waals surface area contributed by atoms with Gasteiger partial charge in [0, 0.05) is 50.9 Å². The Kier molecular flexibility index (Phi) is 5.65. The van der Waals surface area contributed by atoms with Gasteiger partial charge >= 0.3 is 6.03 Å². The van der Waals surface area contributed by atoms with Crippen LogP contribution >= 0.6 is 11.6 Å². The molecule has 1 atom stereocenters. The molecule has 2 aromatic rings. The van der Waals surface area contributed by atoms with Gasteiger partial charge in [-0.05, 0) is 25.1 Å². The van der Waals surface area contributed by atoms with Crippen molar-refractivity contribution in [1.29, 1.82) is 0 Å². The highest BCUT2D eigenvalue weighted by Gasteiger charge is 2.29. The van der Waals surface area contributed by atoms with Gasteiger partial charge in [0.05, 0.1) is 0 Å². The first-order valence-electron chi connectivity index (χ1n) is 8.53. The van der Waals surface area contributed by atoms with Gasteiger partial charge in [-0.1, -0.05) is 11.6 Å². The van der Waals surface area contributed by atoms with Gasteiger partial charge in [-0.15, -0.1) is 0 Å². The van der Waals surface area contributed by atoms with Crippen LogP contribution in [0.2, 0.25) is 5.02 Å². The zero-order valence-electron chi connectivity index (χ0n) is 15.4. The van der Waals surface area contributed by atoms with E-state index in [4.69, 9.17) is 16.3 Å². The molecule has 27 heavy (non-hydrogen) atoms. The lowest BCUT2D eigenvalue weighted by molar-refractivity contribution is 0.146. The molecule has 0 bridgehead atoms. The largest absolute Gasteiger partial charge is 0.436 e. The van der Waals surface area contributed by atoms with E-state index in [0.717, 1.165) is 0 Å². The van der Waals surface area contributed by atoms with Gasteiger partial charge in [0.2, 0.25) is 5.88 Å². The Labute approximate surface area is 162 Å². The minimum absolute atomic E-state index is 0.00734. The van der Waals surface area contributed by atoms with Crippen molar-refractivity contribution in [3.63, 3.8) is 0 Å². The molecule has 144 valence electrons. The average molecular weight is 394 g/mol. The highest BCUT2D eigenvalue weighted by Crippen LogP contribution is 2.27. The van der Waals surface area contributed by atoms with E-state index in [0.29, 0.717) is 30.5 Å². The Morgan fingerprint density at radius 3 is 2.74 bits per heavy atom. The van der Waals surface area contributed by atoms with Crippen LogP contribution in [0.1, 0.15) is 6.92 Å². The summed E-state index contributed by atoms with van der Waals surface area (Å²) in [6.07, 6.45) is 1.38. The number of urea groups is 1. The summed E-state index contributed by atoms with van der Waals surface area (Å²) in [7, 11) is 3.48. The van der Waals surface area contributed by atoms with Crippen molar-refractivity contribution in [2.45, 2.75) is 13.0 Å². The summed E-state index contributed by atoms with van der Waals surface area (Å²) < 4.78 is 19.5. The quantitative estimate of drug-likeness (QED) is 0.801. The summed E-state index contributed by atoms with van der Waals surface area (Å²) >= 11 is 5.76. The standard InChI is InChI=1S/C18H21ClFN5O2/c1-12-10-24(6-7-25(12)18(26)23(2)3)16-9-17(22-11-21-16)27-15-5-4-13(19)8-14(15)20/h4-5,8-9,11-12H,6-7,10H2,1-3H3. The van der Waals surface area contributed by atoms with Crippen LogP contribution in [0, 0.1) is 5.82 Å². The zero-order chi connectivity index (χ0) is 19.6. The molecule has 0 aliphatic carbocycles. The Bertz CT molecular complexity index is 835. The van der Waals surface area contributed by atoms with E-state index in [1.165, 1.54) is 18.5 Å². The Balaban J connectivity index is 1.72. The van der Waals surface area contributed by atoms with Crippen LogP contribution in [-0.4, -0.2) is 65.6 Å². The van der Waals surface area contributed by atoms with Gasteiger partial charge in [-0.2, -0.15) is 0 Å². The van der Waals surface area contributed by atoms with Crippen LogP contribution in [0.15, 0.2) is 30.6 Å². The molecule has 0 radical (unpaired) electrons. The fraction of sp³-hybridized carbons (Fsp3) is 0.389. The van der Waals surface area contributed by atoms with E-state index >= 15 is 0 Å². The molecule has 9 heteroatoms. The lowest BCUT2D eigenvalue weighted by atomic mass is 10.2. The fourth-order valence-corrected chi connectivity index (χ4v) is 3.09. The molecule has 1 fully saturated rings. The van der Waals surface area contributed by atoms with E-state index in [2.05, 4.69) is 14.9 Å². The smallest absolute Gasteiger partial charge is 0.319 e. The number of halogens is 2. The van der Waals surface area contributed by atoms with Gasteiger partial charge < -0.3 is 19.4 Å². The molecule has 1 aromatic heterocycles. The monoisotopic (exact) mass is 393 g/mol. The molecular weight excluding hydrogens is 373 g/mol. The van der Waals surface area contributed by atoms with E-state index in [-0.39, 0.29) is 23.7 Å². The van der Waals surface area contributed by atoms with E-state index < -0.39 is 5.82 Å². The van der Waals surface area contributed by atoms with Gasteiger partial charge in [-0.3, -0.25) is 0 Å². The maximum absolute atomic E-state index is 13.9. The number of carbonyl (C=O) groups excluding carboxylic acids is 1. The second kappa shape index (κ2) is 7.96. The molecule has 2 amide bonds. The highest BCUT2D eigenvalue weighted by atomic mass is 35.5. The number of anilines is 1. The molecule has 1 saturated heterocycles. The minimum atomic E-state index is -0.563. The number of hydrogen-bond donors (Lipinski definition) is 0. The zero-order valence-corrected chi connectivity index (χ0v) is 16.1. The third kappa shape index (κ3) is 4.39. The second-order valence-electron chi connectivity index (χ2n) is 6.56. The number of rotatable bonds is 3. The topological polar surface area (TPSA) is 61.8 Å². The molecule has 0 N–H and O–H groups in total. The van der Waals surface area contributed by atoms with Crippen molar-refractivity contribution in [2.24, 2.45) is 0 Å². The molecule has 0 spiro atoms. The van der Waals surface area contributed by atoms with Gasteiger partial charge in [-0.25, -0.2) is 19.2 Å². The van der Waals surface area contributed by atoms with Crippen LogP contribution < -0.4 is 9.64 Å². The van der Waals surface area contributed by atoms with Crippen LogP contribution in [0.3, 0.4) is 0 Å². The molecule has 1 unspecified atom stereocenters. The Morgan fingerprint density at radius 1 is 1.30 bits per heavy atom. The van der Waals surface area contributed by atoms with Crippen molar-refractivity contribution < 1.29 is 13.9 Å². The first-order valence-corrected chi connectivity index (χ1v) is 8.91. The van der Waals surface area contributed by atoms with Crippen LogP contribution in [-0.2, 0) is 0 Å². The third-order valence-electron chi connectivity index (χ3n) is 4.32. The van der Waals surface area contributed by atoms with E-state index in [9.17, 15) is 9.18 Å². The van der Waals surface area contributed by atoms with Crippen molar-refractivity contribution in [3.8, 4) is 11.6 Å². The third-order valence-corrected chi connectivity index (χ3v) is 4.55. The van der Waals surface area contributed by atoms with Crippen LogP contribution in [0.25, 0.3) is 0 Å². The predicted molar refractivity (Wildman–Crippen MR) is 101 cm³/mol. The molecule has 3 rings (SSSR count). The summed E-state index contributed by atoms with van der Waals surface area (Å²) in [5.41, 5.74) is 0.